The van der Waals surface area contributed by atoms with Crippen LogP contribution in [0.25, 0.3) is 0 Å². The van der Waals surface area contributed by atoms with Crippen LogP contribution in [-0.2, 0) is 4.79 Å². The van der Waals surface area contributed by atoms with Gasteiger partial charge in [-0.15, -0.1) is 0 Å². The third-order valence-corrected chi connectivity index (χ3v) is 5.05. The maximum atomic E-state index is 12.9. The summed E-state index contributed by atoms with van der Waals surface area (Å²) in [5.41, 5.74) is 0.933. The lowest BCUT2D eigenvalue weighted by Gasteiger charge is -2.24. The zero-order valence-corrected chi connectivity index (χ0v) is 14.0. The van der Waals surface area contributed by atoms with E-state index in [0.29, 0.717) is 11.8 Å². The summed E-state index contributed by atoms with van der Waals surface area (Å²) in [4.78, 5) is 14.9. The molecule has 1 heterocycles. The summed E-state index contributed by atoms with van der Waals surface area (Å²) in [5, 5.41) is 3.37. The van der Waals surface area contributed by atoms with E-state index in [1.165, 1.54) is 0 Å². The SMILES string of the molecule is CC[C@H](Nc1cccc(OC)c1)C(=O)N1C[C@H]2CC=CC[C@H]2C1. The number of benzene rings is 1. The number of amides is 1. The van der Waals surface area contributed by atoms with Crippen molar-refractivity contribution >= 4 is 11.6 Å². The lowest BCUT2D eigenvalue weighted by molar-refractivity contribution is -0.131. The number of nitrogens with zero attached hydrogens (tertiary/aromatic N) is 1. The first-order valence-corrected chi connectivity index (χ1v) is 8.55. The zero-order valence-electron chi connectivity index (χ0n) is 14.0. The number of rotatable bonds is 5. The van der Waals surface area contributed by atoms with Crippen LogP contribution in [0.4, 0.5) is 5.69 Å². The van der Waals surface area contributed by atoms with Gasteiger partial charge in [-0.2, -0.15) is 0 Å². The van der Waals surface area contributed by atoms with E-state index in [-0.39, 0.29) is 11.9 Å². The van der Waals surface area contributed by atoms with Crippen LogP contribution in [0.1, 0.15) is 26.2 Å². The molecule has 1 aromatic rings. The number of nitrogens with one attached hydrogen (secondary N) is 1. The van der Waals surface area contributed by atoms with Gasteiger partial charge in [0.1, 0.15) is 11.8 Å². The van der Waals surface area contributed by atoms with Gasteiger partial charge in [0.25, 0.3) is 0 Å². The molecule has 1 fully saturated rings. The minimum atomic E-state index is -0.171. The van der Waals surface area contributed by atoms with Gasteiger partial charge in [-0.3, -0.25) is 4.79 Å². The first-order valence-electron chi connectivity index (χ1n) is 8.55. The smallest absolute Gasteiger partial charge is 0.245 e. The molecule has 1 amide bonds. The summed E-state index contributed by atoms with van der Waals surface area (Å²) in [5.74, 6) is 2.33. The Bertz CT molecular complexity index is 568. The van der Waals surface area contributed by atoms with Gasteiger partial charge in [-0.1, -0.05) is 25.1 Å². The van der Waals surface area contributed by atoms with Gasteiger partial charge in [-0.05, 0) is 43.2 Å². The molecule has 23 heavy (non-hydrogen) atoms. The Hall–Kier alpha value is -1.97. The highest BCUT2D eigenvalue weighted by Gasteiger charge is 2.36. The van der Waals surface area contributed by atoms with Crippen LogP contribution in [0.5, 0.6) is 5.75 Å². The standard InChI is InChI=1S/C19H26N2O2/c1-3-18(20-16-9-6-10-17(11-16)23-2)19(22)21-12-14-7-4-5-8-15(14)13-21/h4-6,9-11,14-15,18,20H,3,7-8,12-13H2,1-2H3/t14-,15+,18-/m0/s1. The second-order valence-electron chi connectivity index (χ2n) is 6.54. The molecule has 0 aromatic heterocycles. The number of carbonyl (C=O) groups is 1. The number of fused-ring (bicyclic) bond motifs is 1. The Morgan fingerprint density at radius 1 is 1.30 bits per heavy atom. The van der Waals surface area contributed by atoms with Crippen molar-refractivity contribution in [3.63, 3.8) is 0 Å². The normalized spacial score (nSPS) is 24.2. The topological polar surface area (TPSA) is 41.6 Å². The number of hydrogen-bond acceptors (Lipinski definition) is 3. The fourth-order valence-corrected chi connectivity index (χ4v) is 3.67. The third kappa shape index (κ3) is 3.52. The van der Waals surface area contributed by atoms with E-state index in [0.717, 1.165) is 43.8 Å². The van der Waals surface area contributed by atoms with Crippen molar-refractivity contribution in [2.45, 2.75) is 32.2 Å². The number of hydrogen-bond donors (Lipinski definition) is 1. The van der Waals surface area contributed by atoms with Gasteiger partial charge >= 0.3 is 0 Å². The van der Waals surface area contributed by atoms with E-state index in [2.05, 4.69) is 29.3 Å². The highest BCUT2D eigenvalue weighted by atomic mass is 16.5. The van der Waals surface area contributed by atoms with Crippen LogP contribution in [-0.4, -0.2) is 37.0 Å². The number of ether oxygens (including phenoxy) is 1. The van der Waals surface area contributed by atoms with Gasteiger partial charge in [0, 0.05) is 24.8 Å². The molecule has 1 saturated heterocycles. The van der Waals surface area contributed by atoms with Crippen LogP contribution < -0.4 is 10.1 Å². The van der Waals surface area contributed by atoms with Gasteiger partial charge in [0.05, 0.1) is 7.11 Å². The number of carbonyl (C=O) groups excluding carboxylic acids is 1. The van der Waals surface area contributed by atoms with E-state index in [9.17, 15) is 4.79 Å². The molecule has 3 atom stereocenters. The van der Waals surface area contributed by atoms with Crippen LogP contribution in [0.15, 0.2) is 36.4 Å². The van der Waals surface area contributed by atoms with Crippen molar-refractivity contribution in [2.75, 3.05) is 25.5 Å². The van der Waals surface area contributed by atoms with Crippen LogP contribution >= 0.6 is 0 Å². The van der Waals surface area contributed by atoms with Gasteiger partial charge in [0.15, 0.2) is 0 Å². The molecule has 4 nitrogen and oxygen atoms in total. The van der Waals surface area contributed by atoms with Crippen LogP contribution in [0.3, 0.4) is 0 Å². The Balaban J connectivity index is 1.65. The molecule has 1 aliphatic heterocycles. The van der Waals surface area contributed by atoms with Crippen molar-refractivity contribution in [3.8, 4) is 5.75 Å². The largest absolute Gasteiger partial charge is 0.497 e. The first kappa shape index (κ1) is 15.9. The van der Waals surface area contributed by atoms with E-state index < -0.39 is 0 Å². The first-order chi connectivity index (χ1) is 11.2. The molecule has 1 N–H and O–H groups in total. The Labute approximate surface area is 138 Å². The van der Waals surface area contributed by atoms with Crippen molar-refractivity contribution in [1.29, 1.82) is 0 Å². The summed E-state index contributed by atoms with van der Waals surface area (Å²) < 4.78 is 5.25. The number of anilines is 1. The highest BCUT2D eigenvalue weighted by molar-refractivity contribution is 5.85. The summed E-state index contributed by atoms with van der Waals surface area (Å²) in [6, 6.07) is 7.59. The summed E-state index contributed by atoms with van der Waals surface area (Å²) >= 11 is 0. The Morgan fingerprint density at radius 2 is 2.00 bits per heavy atom. The molecule has 1 aliphatic carbocycles. The predicted octanol–water partition coefficient (Wildman–Crippen LogP) is 3.31. The fourth-order valence-electron chi connectivity index (χ4n) is 3.67. The maximum absolute atomic E-state index is 12.9. The molecule has 0 saturated carbocycles. The maximum Gasteiger partial charge on any atom is 0.245 e. The Morgan fingerprint density at radius 3 is 2.61 bits per heavy atom. The minimum absolute atomic E-state index is 0.171. The quantitative estimate of drug-likeness (QED) is 0.848. The summed E-state index contributed by atoms with van der Waals surface area (Å²) in [6.45, 7) is 3.87. The minimum Gasteiger partial charge on any atom is -0.497 e. The Kier molecular flexibility index (Phi) is 4.89. The van der Waals surface area contributed by atoms with Crippen LogP contribution in [0, 0.1) is 11.8 Å². The molecule has 0 spiro atoms. The number of likely N-dealkylation sites (tertiary alicyclic amines) is 1. The molecular weight excluding hydrogens is 288 g/mol. The number of allylic oxidation sites excluding steroid dienone is 2. The fraction of sp³-hybridized carbons (Fsp3) is 0.526. The van der Waals surface area contributed by atoms with Gasteiger partial charge < -0.3 is 15.0 Å². The molecule has 1 aromatic carbocycles. The summed E-state index contributed by atoms with van der Waals surface area (Å²) in [7, 11) is 1.65. The molecule has 4 heteroatoms. The predicted molar refractivity (Wildman–Crippen MR) is 92.6 cm³/mol. The van der Waals surface area contributed by atoms with E-state index in [4.69, 9.17) is 4.74 Å². The average molecular weight is 314 g/mol. The van der Waals surface area contributed by atoms with Crippen molar-refractivity contribution in [2.24, 2.45) is 11.8 Å². The molecular formula is C19H26N2O2. The van der Waals surface area contributed by atoms with Crippen LogP contribution in [0.2, 0.25) is 0 Å². The highest BCUT2D eigenvalue weighted by Crippen LogP contribution is 2.33. The third-order valence-electron chi connectivity index (χ3n) is 5.05. The molecule has 0 radical (unpaired) electrons. The molecule has 124 valence electrons. The molecule has 0 unspecified atom stereocenters. The second kappa shape index (κ2) is 7.07. The zero-order chi connectivity index (χ0) is 16.2. The van der Waals surface area contributed by atoms with Gasteiger partial charge in [0.2, 0.25) is 5.91 Å². The van der Waals surface area contributed by atoms with E-state index in [1.807, 2.05) is 24.3 Å². The van der Waals surface area contributed by atoms with E-state index in [1.54, 1.807) is 7.11 Å². The van der Waals surface area contributed by atoms with Crippen molar-refractivity contribution in [1.82, 2.24) is 4.90 Å². The molecule has 2 aliphatic rings. The lowest BCUT2D eigenvalue weighted by Crippen LogP contribution is -2.41. The van der Waals surface area contributed by atoms with Crippen molar-refractivity contribution < 1.29 is 9.53 Å². The van der Waals surface area contributed by atoms with Crippen molar-refractivity contribution in [3.05, 3.63) is 36.4 Å². The monoisotopic (exact) mass is 314 g/mol. The molecule has 3 rings (SSSR count). The second-order valence-corrected chi connectivity index (χ2v) is 6.54. The number of methoxy groups -OCH3 is 1. The lowest BCUT2D eigenvalue weighted by atomic mass is 9.86. The van der Waals surface area contributed by atoms with Gasteiger partial charge in [-0.25, -0.2) is 0 Å². The summed E-state index contributed by atoms with van der Waals surface area (Å²) in [6.07, 6.45) is 7.55. The van der Waals surface area contributed by atoms with E-state index >= 15 is 0 Å². The molecule has 0 bridgehead atoms. The average Bonchev–Trinajstić information content (AvgIpc) is 3.03.